The number of esters is 1. The molecule has 0 N–H and O–H groups in total. The molecule has 0 bridgehead atoms. The Labute approximate surface area is 133 Å². The summed E-state index contributed by atoms with van der Waals surface area (Å²) in [6.45, 7) is -0.332. The predicted molar refractivity (Wildman–Crippen MR) is 81.5 cm³/mol. The van der Waals surface area contributed by atoms with Crippen molar-refractivity contribution in [2.75, 3.05) is 18.1 Å². The quantitative estimate of drug-likeness (QED) is 0.748. The second kappa shape index (κ2) is 6.00. The average molecular weight is 343 g/mol. The van der Waals surface area contributed by atoms with Crippen molar-refractivity contribution in [3.05, 3.63) is 22.4 Å². The summed E-state index contributed by atoms with van der Waals surface area (Å²) in [7, 11) is -3.05. The summed E-state index contributed by atoms with van der Waals surface area (Å²) >= 11 is 1.38. The third-order valence-electron chi connectivity index (χ3n) is 3.91. The van der Waals surface area contributed by atoms with Gasteiger partial charge >= 0.3 is 5.97 Å². The molecule has 1 aromatic heterocycles. The Morgan fingerprint density at radius 3 is 2.59 bits per heavy atom. The lowest BCUT2D eigenvalue weighted by atomic mass is 10.2. The van der Waals surface area contributed by atoms with Crippen LogP contribution in [0.1, 0.15) is 29.6 Å². The standard InChI is InChI=1S/C14H17NO5S2/c16-13(7-20-14(17)10-3-5-21-8-10)15(11-1-2-11)12-4-6-22(18,19)9-12/h3,5,8,11-12H,1-2,4,6-7,9H2/t12-/m1/s1. The van der Waals surface area contributed by atoms with E-state index in [2.05, 4.69) is 0 Å². The molecule has 1 saturated carbocycles. The minimum Gasteiger partial charge on any atom is -0.452 e. The topological polar surface area (TPSA) is 80.8 Å². The van der Waals surface area contributed by atoms with E-state index in [0.29, 0.717) is 12.0 Å². The molecule has 1 saturated heterocycles. The Morgan fingerprint density at radius 2 is 2.05 bits per heavy atom. The predicted octanol–water partition coefficient (Wildman–Crippen LogP) is 1.08. The molecule has 0 spiro atoms. The Hall–Kier alpha value is -1.41. The van der Waals surface area contributed by atoms with Gasteiger partial charge in [0.05, 0.1) is 17.1 Å². The number of carbonyl (C=O) groups excluding carboxylic acids is 2. The number of sulfone groups is 1. The molecule has 0 aromatic carbocycles. The smallest absolute Gasteiger partial charge is 0.339 e. The van der Waals surface area contributed by atoms with Gasteiger partial charge in [0, 0.05) is 17.5 Å². The number of thiophene rings is 1. The second-order valence-corrected chi connectivity index (χ2v) is 8.69. The summed E-state index contributed by atoms with van der Waals surface area (Å²) in [6, 6.07) is 1.47. The summed E-state index contributed by atoms with van der Waals surface area (Å²) < 4.78 is 28.3. The number of ether oxygens (including phenoxy) is 1. The number of hydrogen-bond donors (Lipinski definition) is 0. The molecule has 8 heteroatoms. The normalized spacial score (nSPS) is 23.2. The Balaban J connectivity index is 1.60. The van der Waals surface area contributed by atoms with Crippen molar-refractivity contribution in [3.8, 4) is 0 Å². The molecule has 1 aliphatic carbocycles. The van der Waals surface area contributed by atoms with Crippen LogP contribution in [0.4, 0.5) is 0 Å². The van der Waals surface area contributed by atoms with Crippen molar-refractivity contribution in [2.24, 2.45) is 0 Å². The molecule has 2 heterocycles. The van der Waals surface area contributed by atoms with Crippen LogP contribution in [-0.2, 0) is 19.4 Å². The molecule has 1 atom stereocenters. The second-order valence-electron chi connectivity index (χ2n) is 5.68. The van der Waals surface area contributed by atoms with E-state index in [1.54, 1.807) is 21.7 Å². The lowest BCUT2D eigenvalue weighted by molar-refractivity contribution is -0.137. The SMILES string of the molecule is O=C(OCC(=O)N(C1CC1)[C@@H]1CCS(=O)(=O)C1)c1ccsc1. The largest absolute Gasteiger partial charge is 0.452 e. The maximum atomic E-state index is 12.4. The van der Waals surface area contributed by atoms with Gasteiger partial charge in [-0.3, -0.25) is 4.79 Å². The van der Waals surface area contributed by atoms with E-state index < -0.39 is 15.8 Å². The highest BCUT2D eigenvalue weighted by atomic mass is 32.2. The van der Waals surface area contributed by atoms with Crippen molar-refractivity contribution in [1.29, 1.82) is 0 Å². The zero-order valence-electron chi connectivity index (χ0n) is 11.9. The molecular formula is C14H17NO5S2. The molecule has 0 radical (unpaired) electrons. The minimum absolute atomic E-state index is 0.0215. The van der Waals surface area contributed by atoms with E-state index in [1.165, 1.54) is 11.3 Å². The van der Waals surface area contributed by atoms with Gasteiger partial charge in [0.2, 0.25) is 0 Å². The number of carbonyl (C=O) groups is 2. The zero-order chi connectivity index (χ0) is 15.7. The van der Waals surface area contributed by atoms with Crippen molar-refractivity contribution in [3.63, 3.8) is 0 Å². The van der Waals surface area contributed by atoms with Crippen LogP contribution in [0.15, 0.2) is 16.8 Å². The lowest BCUT2D eigenvalue weighted by Gasteiger charge is -2.28. The zero-order valence-corrected chi connectivity index (χ0v) is 13.6. The van der Waals surface area contributed by atoms with Crippen molar-refractivity contribution < 1.29 is 22.7 Å². The van der Waals surface area contributed by atoms with Crippen LogP contribution in [0, 0.1) is 0 Å². The molecule has 1 aliphatic heterocycles. The van der Waals surface area contributed by atoms with Gasteiger partial charge in [-0.05, 0) is 30.7 Å². The molecule has 2 fully saturated rings. The van der Waals surface area contributed by atoms with Crippen LogP contribution >= 0.6 is 11.3 Å². The van der Waals surface area contributed by atoms with Crippen LogP contribution in [0.2, 0.25) is 0 Å². The highest BCUT2D eigenvalue weighted by Gasteiger charge is 2.42. The van der Waals surface area contributed by atoms with Gasteiger partial charge in [-0.1, -0.05) is 0 Å². The molecular weight excluding hydrogens is 326 g/mol. The maximum Gasteiger partial charge on any atom is 0.339 e. The van der Waals surface area contributed by atoms with Gasteiger partial charge in [-0.15, -0.1) is 0 Å². The highest BCUT2D eigenvalue weighted by molar-refractivity contribution is 7.91. The first kappa shape index (κ1) is 15.5. The van der Waals surface area contributed by atoms with Gasteiger partial charge in [0.25, 0.3) is 5.91 Å². The molecule has 3 rings (SSSR count). The van der Waals surface area contributed by atoms with Gasteiger partial charge in [0.15, 0.2) is 16.4 Å². The van der Waals surface area contributed by atoms with Gasteiger partial charge in [-0.25, -0.2) is 13.2 Å². The third-order valence-corrected chi connectivity index (χ3v) is 6.35. The lowest BCUT2D eigenvalue weighted by Crippen LogP contribution is -2.44. The first-order valence-corrected chi connectivity index (χ1v) is 9.93. The van der Waals surface area contributed by atoms with Crippen molar-refractivity contribution >= 4 is 33.1 Å². The average Bonchev–Trinajstić information content (AvgIpc) is 3.00. The summed E-state index contributed by atoms with van der Waals surface area (Å²) in [6.07, 6.45) is 2.25. The molecule has 120 valence electrons. The van der Waals surface area contributed by atoms with E-state index in [4.69, 9.17) is 4.74 Å². The molecule has 22 heavy (non-hydrogen) atoms. The summed E-state index contributed by atoms with van der Waals surface area (Å²) in [4.78, 5) is 25.7. The van der Waals surface area contributed by atoms with Crippen LogP contribution in [0.25, 0.3) is 0 Å². The van der Waals surface area contributed by atoms with E-state index in [9.17, 15) is 18.0 Å². The maximum absolute atomic E-state index is 12.4. The van der Waals surface area contributed by atoms with E-state index in [-0.39, 0.29) is 36.1 Å². The molecule has 1 aromatic rings. The van der Waals surface area contributed by atoms with Gasteiger partial charge in [0.1, 0.15) is 0 Å². The van der Waals surface area contributed by atoms with E-state index in [1.807, 2.05) is 0 Å². The molecule has 1 amide bonds. The van der Waals surface area contributed by atoms with Crippen LogP contribution in [0.5, 0.6) is 0 Å². The highest BCUT2D eigenvalue weighted by Crippen LogP contribution is 2.32. The van der Waals surface area contributed by atoms with Crippen molar-refractivity contribution in [1.82, 2.24) is 4.90 Å². The molecule has 0 unspecified atom stereocenters. The third kappa shape index (κ3) is 3.49. The van der Waals surface area contributed by atoms with Gasteiger partial charge < -0.3 is 9.64 Å². The Morgan fingerprint density at radius 1 is 1.27 bits per heavy atom. The summed E-state index contributed by atoms with van der Waals surface area (Å²) in [5, 5.41) is 3.42. The van der Waals surface area contributed by atoms with E-state index >= 15 is 0 Å². The number of nitrogens with zero attached hydrogens (tertiary/aromatic N) is 1. The van der Waals surface area contributed by atoms with Crippen molar-refractivity contribution in [2.45, 2.75) is 31.3 Å². The first-order valence-electron chi connectivity index (χ1n) is 7.17. The van der Waals surface area contributed by atoms with Crippen LogP contribution in [0.3, 0.4) is 0 Å². The Kier molecular flexibility index (Phi) is 4.22. The number of hydrogen-bond acceptors (Lipinski definition) is 6. The van der Waals surface area contributed by atoms with E-state index in [0.717, 1.165) is 12.8 Å². The molecule has 2 aliphatic rings. The fraction of sp³-hybridized carbons (Fsp3) is 0.571. The van der Waals surface area contributed by atoms with Gasteiger partial charge in [-0.2, -0.15) is 11.3 Å². The minimum atomic E-state index is -3.05. The molecule has 6 nitrogen and oxygen atoms in total. The fourth-order valence-electron chi connectivity index (χ4n) is 2.72. The van der Waals surface area contributed by atoms with Crippen LogP contribution in [-0.4, -0.2) is 55.4 Å². The fourth-order valence-corrected chi connectivity index (χ4v) is 5.06. The summed E-state index contributed by atoms with van der Waals surface area (Å²) in [5.41, 5.74) is 0.430. The first-order chi connectivity index (χ1) is 10.5. The number of amides is 1. The number of rotatable bonds is 5. The van der Waals surface area contributed by atoms with Crippen LogP contribution < -0.4 is 0 Å². The Bertz CT molecular complexity index is 663. The summed E-state index contributed by atoms with van der Waals surface area (Å²) in [5.74, 6) is -0.672. The monoisotopic (exact) mass is 343 g/mol.